The number of rotatable bonds is 7. The van der Waals surface area contributed by atoms with Crippen molar-refractivity contribution in [1.29, 1.82) is 0 Å². The number of benzene rings is 1. The summed E-state index contributed by atoms with van der Waals surface area (Å²) in [5.74, 6) is -2.51. The molecule has 1 aromatic carbocycles. The van der Waals surface area contributed by atoms with Crippen molar-refractivity contribution in [2.24, 2.45) is 10.9 Å². The zero-order valence-corrected chi connectivity index (χ0v) is 23.8. The van der Waals surface area contributed by atoms with E-state index in [1.807, 2.05) is 0 Å². The van der Waals surface area contributed by atoms with E-state index in [2.05, 4.69) is 20.2 Å². The molecule has 2 aromatic heterocycles. The zero-order valence-electron chi connectivity index (χ0n) is 22.2. The lowest BCUT2D eigenvalue weighted by atomic mass is 9.85. The van der Waals surface area contributed by atoms with E-state index >= 15 is 0 Å². The number of nitrogens with zero attached hydrogens (tertiary/aromatic N) is 4. The van der Waals surface area contributed by atoms with Gasteiger partial charge in [-0.15, -0.1) is 11.3 Å². The van der Waals surface area contributed by atoms with Crippen LogP contribution in [0.15, 0.2) is 58.3 Å². The first-order valence-corrected chi connectivity index (χ1v) is 14.2. The molecular weight excluding hydrogens is 576 g/mol. The van der Waals surface area contributed by atoms with E-state index in [4.69, 9.17) is 26.1 Å². The molecule has 0 radical (unpaired) electrons. The number of carbonyl (C=O) groups excluding carboxylic acids is 2. The number of ether oxygens (including phenoxy) is 2. The number of halogens is 3. The van der Waals surface area contributed by atoms with Gasteiger partial charge < -0.3 is 19.7 Å². The highest BCUT2D eigenvalue weighted by molar-refractivity contribution is 7.11. The van der Waals surface area contributed by atoms with E-state index in [9.17, 15) is 18.4 Å². The number of anilines is 1. The first kappa shape index (κ1) is 28.6. The summed E-state index contributed by atoms with van der Waals surface area (Å²) in [5.41, 5.74) is 1.30. The Hall–Kier alpha value is -3.90. The van der Waals surface area contributed by atoms with E-state index in [0.29, 0.717) is 53.9 Å². The minimum Gasteiger partial charge on any atom is -0.465 e. The molecule has 1 saturated heterocycles. The highest BCUT2D eigenvalue weighted by Gasteiger charge is 2.38. The fourth-order valence-electron chi connectivity index (χ4n) is 4.98. The van der Waals surface area contributed by atoms with Crippen LogP contribution in [0.5, 0.6) is 0 Å². The summed E-state index contributed by atoms with van der Waals surface area (Å²) in [4.78, 5) is 41.0. The molecule has 0 spiro atoms. The Kier molecular flexibility index (Phi) is 8.60. The summed E-state index contributed by atoms with van der Waals surface area (Å²) in [7, 11) is 1.32. The number of aliphatic imine (C=N–C) groups is 1. The van der Waals surface area contributed by atoms with E-state index in [1.165, 1.54) is 24.5 Å². The maximum absolute atomic E-state index is 14.6. The van der Waals surface area contributed by atoms with Crippen molar-refractivity contribution in [3.63, 3.8) is 0 Å². The molecule has 0 amide bonds. The van der Waals surface area contributed by atoms with Crippen molar-refractivity contribution >= 4 is 46.5 Å². The summed E-state index contributed by atoms with van der Waals surface area (Å²) in [6.45, 7) is 2.94. The highest BCUT2D eigenvalue weighted by atomic mass is 35.5. The number of carbonyl (C=O) groups is 2. The van der Waals surface area contributed by atoms with Gasteiger partial charge in [-0.25, -0.2) is 28.3 Å². The summed E-state index contributed by atoms with van der Waals surface area (Å²) in [6.07, 6.45) is 4.41. The molecule has 1 unspecified atom stereocenters. The van der Waals surface area contributed by atoms with Crippen LogP contribution in [0.4, 0.5) is 14.6 Å². The smallest absolute Gasteiger partial charge is 0.338 e. The van der Waals surface area contributed by atoms with E-state index in [1.54, 1.807) is 36.8 Å². The summed E-state index contributed by atoms with van der Waals surface area (Å²) < 4.78 is 38.8. The molecule has 0 bridgehead atoms. The third-order valence-electron chi connectivity index (χ3n) is 6.96. The van der Waals surface area contributed by atoms with E-state index in [-0.39, 0.29) is 23.7 Å². The van der Waals surface area contributed by atoms with Crippen molar-refractivity contribution in [1.82, 2.24) is 15.3 Å². The Morgan fingerprint density at radius 1 is 1.15 bits per heavy atom. The van der Waals surface area contributed by atoms with Gasteiger partial charge in [-0.1, -0.05) is 17.7 Å². The minimum atomic E-state index is -1.21. The van der Waals surface area contributed by atoms with Gasteiger partial charge in [-0.2, -0.15) is 0 Å². The molecule has 4 heterocycles. The first-order chi connectivity index (χ1) is 19.8. The van der Waals surface area contributed by atoms with Crippen LogP contribution in [0.25, 0.3) is 0 Å². The minimum absolute atomic E-state index is 0.109. The fourth-order valence-corrected chi connectivity index (χ4v) is 5.82. The second-order valence-corrected chi connectivity index (χ2v) is 10.6. The number of thiazole rings is 1. The number of esters is 2. The van der Waals surface area contributed by atoms with E-state index < -0.39 is 34.6 Å². The molecule has 5 rings (SSSR count). The highest BCUT2D eigenvalue weighted by Crippen LogP contribution is 2.41. The van der Waals surface area contributed by atoms with Gasteiger partial charge in [-0.05, 0) is 38.0 Å². The molecule has 41 heavy (non-hydrogen) atoms. The molecule has 2 aliphatic heterocycles. The predicted octanol–water partition coefficient (Wildman–Crippen LogP) is 5.08. The van der Waals surface area contributed by atoms with Gasteiger partial charge in [0.05, 0.1) is 29.9 Å². The van der Waals surface area contributed by atoms with Crippen LogP contribution in [-0.2, 0) is 14.3 Å². The Labute approximate surface area is 243 Å². The quantitative estimate of drug-likeness (QED) is 0.295. The Bertz CT molecular complexity index is 1520. The average Bonchev–Trinajstić information content (AvgIpc) is 3.54. The number of pyridine rings is 1. The number of hydrogen-bond acceptors (Lipinski definition) is 10. The van der Waals surface area contributed by atoms with Gasteiger partial charge in [0.15, 0.2) is 22.5 Å². The SMILES string of the molecule is CCOC(=O)C1=C(C2CCN(c3cc(C(=O)OC)ccn3)CC2)NC(c2nccs2)=NC1c1ccc(F)c(F)c1Cl. The van der Waals surface area contributed by atoms with Crippen LogP contribution in [0.1, 0.15) is 46.7 Å². The van der Waals surface area contributed by atoms with Crippen LogP contribution in [0.3, 0.4) is 0 Å². The summed E-state index contributed by atoms with van der Waals surface area (Å²) in [5, 5.41) is 5.22. The van der Waals surface area contributed by atoms with Crippen molar-refractivity contribution < 1.29 is 27.8 Å². The third-order valence-corrected chi connectivity index (χ3v) is 8.12. The zero-order chi connectivity index (χ0) is 29.1. The standard InChI is InChI=1S/C28H26ClF2N5O4S/c1-3-40-28(38)20-23(15-7-11-36(12-8-15)19-14-16(6-9-32-19)27(37)39-2)34-25(26-33-10-13-41-26)35-24(20)17-4-5-18(30)22(31)21(17)29/h4-6,9-10,13-15,24H,3,7-8,11-12H2,1-2H3,(H,34,35). The summed E-state index contributed by atoms with van der Waals surface area (Å²) >= 11 is 7.62. The monoisotopic (exact) mass is 601 g/mol. The Morgan fingerprint density at radius 3 is 2.61 bits per heavy atom. The van der Waals surface area contributed by atoms with Crippen molar-refractivity contribution in [3.05, 3.63) is 86.1 Å². The van der Waals surface area contributed by atoms with Gasteiger partial charge >= 0.3 is 11.9 Å². The maximum Gasteiger partial charge on any atom is 0.338 e. The van der Waals surface area contributed by atoms with Crippen LogP contribution < -0.4 is 10.2 Å². The first-order valence-electron chi connectivity index (χ1n) is 12.9. The molecule has 214 valence electrons. The number of amidine groups is 1. The Morgan fingerprint density at radius 2 is 1.93 bits per heavy atom. The van der Waals surface area contributed by atoms with Gasteiger partial charge in [-0.3, -0.25) is 4.99 Å². The number of allylic oxidation sites excluding steroid dienone is 1. The molecule has 3 aromatic rings. The molecule has 1 atom stereocenters. The van der Waals surface area contributed by atoms with Crippen molar-refractivity contribution in [3.8, 4) is 0 Å². The van der Waals surface area contributed by atoms with Crippen LogP contribution in [0, 0.1) is 17.6 Å². The number of aromatic nitrogens is 2. The van der Waals surface area contributed by atoms with Crippen LogP contribution in [0.2, 0.25) is 5.02 Å². The number of methoxy groups -OCH3 is 1. The van der Waals surface area contributed by atoms with E-state index in [0.717, 1.165) is 6.07 Å². The lowest BCUT2D eigenvalue weighted by Crippen LogP contribution is -2.41. The largest absolute Gasteiger partial charge is 0.465 e. The number of nitrogens with one attached hydrogen (secondary N) is 1. The molecule has 0 aliphatic carbocycles. The molecule has 2 aliphatic rings. The fraction of sp³-hybridized carbons (Fsp3) is 0.321. The van der Waals surface area contributed by atoms with Gasteiger partial charge in [0, 0.05) is 48.0 Å². The lowest BCUT2D eigenvalue weighted by Gasteiger charge is -2.37. The third kappa shape index (κ3) is 5.80. The van der Waals surface area contributed by atoms with Crippen LogP contribution >= 0.6 is 22.9 Å². The Balaban J connectivity index is 1.53. The molecule has 9 nitrogen and oxygen atoms in total. The summed E-state index contributed by atoms with van der Waals surface area (Å²) in [6, 6.07) is 4.52. The molecule has 13 heteroatoms. The predicted molar refractivity (Wildman–Crippen MR) is 150 cm³/mol. The van der Waals surface area contributed by atoms with Gasteiger partial charge in [0.2, 0.25) is 0 Å². The molecule has 1 fully saturated rings. The van der Waals surface area contributed by atoms with Crippen LogP contribution in [-0.4, -0.2) is 54.5 Å². The molecular formula is C28H26ClF2N5O4S. The normalized spacial score (nSPS) is 17.6. The van der Waals surface area contributed by atoms with Gasteiger partial charge in [0.1, 0.15) is 11.9 Å². The number of hydrogen-bond donors (Lipinski definition) is 1. The topological polar surface area (TPSA) is 106 Å². The van der Waals surface area contributed by atoms with Crippen molar-refractivity contribution in [2.45, 2.75) is 25.8 Å². The second kappa shape index (κ2) is 12.3. The second-order valence-electron chi connectivity index (χ2n) is 9.31. The molecule has 0 saturated carbocycles. The van der Waals surface area contributed by atoms with Crippen molar-refractivity contribution in [2.75, 3.05) is 31.7 Å². The average molecular weight is 602 g/mol. The maximum atomic E-state index is 14.6. The number of piperidine rings is 1. The lowest BCUT2D eigenvalue weighted by molar-refractivity contribution is -0.139. The van der Waals surface area contributed by atoms with Gasteiger partial charge in [0.25, 0.3) is 0 Å². The molecule has 1 N–H and O–H groups in total.